The van der Waals surface area contributed by atoms with Crippen LogP contribution in [-0.4, -0.2) is 36.5 Å². The van der Waals surface area contributed by atoms with Gasteiger partial charge in [0.05, 0.1) is 6.04 Å². The smallest absolute Gasteiger partial charge is 0.239 e. The molecule has 0 aliphatic carbocycles. The molecule has 2 rings (SSSR count). The van der Waals surface area contributed by atoms with Crippen LogP contribution in [0.15, 0.2) is 0 Å². The highest BCUT2D eigenvalue weighted by Crippen LogP contribution is 2.32. The predicted molar refractivity (Wildman–Crippen MR) is 72.5 cm³/mol. The highest BCUT2D eigenvalue weighted by molar-refractivity contribution is 5.85. The number of amides is 1. The molecule has 0 spiro atoms. The maximum Gasteiger partial charge on any atom is 0.239 e. The van der Waals surface area contributed by atoms with E-state index in [1.807, 2.05) is 0 Å². The maximum atomic E-state index is 12.3. The van der Waals surface area contributed by atoms with Gasteiger partial charge in [-0.25, -0.2) is 0 Å². The van der Waals surface area contributed by atoms with E-state index in [2.05, 4.69) is 24.1 Å². The number of halogens is 1. The highest BCUT2D eigenvalue weighted by atomic mass is 35.5. The van der Waals surface area contributed by atoms with E-state index in [0.29, 0.717) is 11.3 Å². The van der Waals surface area contributed by atoms with Crippen molar-refractivity contribution in [1.82, 2.24) is 10.2 Å². The van der Waals surface area contributed by atoms with Crippen LogP contribution >= 0.6 is 12.4 Å². The molecule has 2 aliphatic heterocycles. The van der Waals surface area contributed by atoms with Gasteiger partial charge in [0.15, 0.2) is 0 Å². The minimum atomic E-state index is 0. The van der Waals surface area contributed by atoms with E-state index < -0.39 is 0 Å². The average molecular weight is 261 g/mol. The Morgan fingerprint density at radius 3 is 2.82 bits per heavy atom. The molecule has 3 nitrogen and oxygen atoms in total. The van der Waals surface area contributed by atoms with Crippen LogP contribution in [-0.2, 0) is 4.79 Å². The van der Waals surface area contributed by atoms with Gasteiger partial charge in [0, 0.05) is 13.1 Å². The number of hydrogen-bond acceptors (Lipinski definition) is 2. The molecule has 2 saturated heterocycles. The van der Waals surface area contributed by atoms with E-state index in [9.17, 15) is 4.79 Å². The number of nitrogens with zero attached hydrogens (tertiary/aromatic N) is 1. The average Bonchev–Trinajstić information content (AvgIpc) is 2.82. The highest BCUT2D eigenvalue weighted by Gasteiger charge is 2.34. The zero-order valence-electron chi connectivity index (χ0n) is 11.0. The second-order valence-corrected chi connectivity index (χ2v) is 5.68. The molecule has 0 radical (unpaired) electrons. The Kier molecular flexibility index (Phi) is 5.26. The fourth-order valence-electron chi connectivity index (χ4n) is 2.91. The minimum Gasteiger partial charge on any atom is -0.341 e. The second-order valence-electron chi connectivity index (χ2n) is 5.68. The van der Waals surface area contributed by atoms with Crippen molar-refractivity contribution in [2.45, 2.75) is 52.0 Å². The summed E-state index contributed by atoms with van der Waals surface area (Å²) < 4.78 is 0. The van der Waals surface area contributed by atoms with Crippen LogP contribution in [0.4, 0.5) is 0 Å². The van der Waals surface area contributed by atoms with Crippen LogP contribution in [0, 0.1) is 5.41 Å². The summed E-state index contributed by atoms with van der Waals surface area (Å²) in [6, 6.07) is 0.110. The number of rotatable bonds is 2. The summed E-state index contributed by atoms with van der Waals surface area (Å²) in [4.78, 5) is 14.4. The first kappa shape index (κ1) is 14.8. The predicted octanol–water partition coefficient (Wildman–Crippen LogP) is 2.20. The van der Waals surface area contributed by atoms with E-state index in [4.69, 9.17) is 0 Å². The van der Waals surface area contributed by atoms with Gasteiger partial charge in [0.1, 0.15) is 0 Å². The molecular weight excluding hydrogens is 236 g/mol. The Morgan fingerprint density at radius 1 is 1.47 bits per heavy atom. The van der Waals surface area contributed by atoms with Gasteiger partial charge in [-0.1, -0.05) is 13.8 Å². The van der Waals surface area contributed by atoms with Crippen molar-refractivity contribution in [3.63, 3.8) is 0 Å². The summed E-state index contributed by atoms with van der Waals surface area (Å²) in [5.74, 6) is 0.344. The zero-order valence-corrected chi connectivity index (χ0v) is 11.8. The van der Waals surface area contributed by atoms with E-state index in [-0.39, 0.29) is 18.4 Å². The van der Waals surface area contributed by atoms with Gasteiger partial charge in [0.25, 0.3) is 0 Å². The molecule has 2 aliphatic rings. The Hall–Kier alpha value is -0.280. The fourth-order valence-corrected chi connectivity index (χ4v) is 2.91. The molecule has 2 atom stereocenters. The largest absolute Gasteiger partial charge is 0.341 e. The monoisotopic (exact) mass is 260 g/mol. The van der Waals surface area contributed by atoms with Gasteiger partial charge in [-0.15, -0.1) is 12.4 Å². The SMILES string of the molecule is CCC1(C)CCCN(C(=O)C2CCCN2)C1.Cl. The third kappa shape index (κ3) is 3.35. The van der Waals surface area contributed by atoms with Crippen LogP contribution in [0.2, 0.25) is 0 Å². The van der Waals surface area contributed by atoms with Crippen molar-refractivity contribution < 1.29 is 4.79 Å². The van der Waals surface area contributed by atoms with Crippen molar-refractivity contribution >= 4 is 18.3 Å². The normalized spacial score (nSPS) is 33.3. The fraction of sp³-hybridized carbons (Fsp3) is 0.923. The molecule has 0 aromatic carbocycles. The molecular formula is C13H25ClN2O. The number of likely N-dealkylation sites (tertiary alicyclic amines) is 1. The van der Waals surface area contributed by atoms with Gasteiger partial charge >= 0.3 is 0 Å². The summed E-state index contributed by atoms with van der Waals surface area (Å²) in [7, 11) is 0. The topological polar surface area (TPSA) is 32.3 Å². The van der Waals surface area contributed by atoms with Crippen LogP contribution < -0.4 is 5.32 Å². The summed E-state index contributed by atoms with van der Waals surface area (Å²) in [5, 5.41) is 3.31. The molecule has 4 heteroatoms. The lowest BCUT2D eigenvalue weighted by molar-refractivity contribution is -0.136. The molecule has 2 fully saturated rings. The first-order valence-electron chi connectivity index (χ1n) is 6.67. The van der Waals surface area contributed by atoms with Crippen LogP contribution in [0.25, 0.3) is 0 Å². The van der Waals surface area contributed by atoms with Crippen molar-refractivity contribution in [3.05, 3.63) is 0 Å². The lowest BCUT2D eigenvalue weighted by Gasteiger charge is -2.41. The van der Waals surface area contributed by atoms with E-state index in [0.717, 1.165) is 32.5 Å². The number of hydrogen-bond donors (Lipinski definition) is 1. The maximum absolute atomic E-state index is 12.3. The number of piperidine rings is 1. The number of carbonyl (C=O) groups is 1. The lowest BCUT2D eigenvalue weighted by atomic mass is 9.79. The van der Waals surface area contributed by atoms with E-state index in [1.54, 1.807) is 0 Å². The van der Waals surface area contributed by atoms with Gasteiger partial charge in [-0.2, -0.15) is 0 Å². The number of nitrogens with one attached hydrogen (secondary N) is 1. The molecule has 0 aromatic heterocycles. The van der Waals surface area contributed by atoms with Gasteiger partial charge in [0.2, 0.25) is 5.91 Å². The van der Waals surface area contributed by atoms with E-state index in [1.165, 1.54) is 19.3 Å². The van der Waals surface area contributed by atoms with Crippen LogP contribution in [0.3, 0.4) is 0 Å². The van der Waals surface area contributed by atoms with Crippen LogP contribution in [0.1, 0.15) is 46.0 Å². The van der Waals surface area contributed by atoms with Gasteiger partial charge in [-0.05, 0) is 44.1 Å². The molecule has 2 heterocycles. The molecule has 100 valence electrons. The van der Waals surface area contributed by atoms with E-state index >= 15 is 0 Å². The number of carbonyl (C=O) groups excluding carboxylic acids is 1. The Balaban J connectivity index is 0.00000144. The Bertz CT molecular complexity index is 266. The summed E-state index contributed by atoms with van der Waals surface area (Å²) >= 11 is 0. The summed E-state index contributed by atoms with van der Waals surface area (Å²) in [6.45, 7) is 7.48. The molecule has 2 unspecified atom stereocenters. The van der Waals surface area contributed by atoms with Crippen molar-refractivity contribution in [2.75, 3.05) is 19.6 Å². The summed E-state index contributed by atoms with van der Waals surface area (Å²) in [5.41, 5.74) is 0.354. The lowest BCUT2D eigenvalue weighted by Crippen LogP contribution is -2.50. The standard InChI is InChI=1S/C13H24N2O.ClH/c1-3-13(2)7-5-9-15(10-13)12(16)11-6-4-8-14-11;/h11,14H,3-10H2,1-2H3;1H. The molecule has 0 bridgehead atoms. The first-order chi connectivity index (χ1) is 7.64. The Morgan fingerprint density at radius 2 is 2.24 bits per heavy atom. The van der Waals surface area contributed by atoms with Crippen molar-refractivity contribution in [1.29, 1.82) is 0 Å². The van der Waals surface area contributed by atoms with Gasteiger partial charge in [-0.3, -0.25) is 4.79 Å². The van der Waals surface area contributed by atoms with Gasteiger partial charge < -0.3 is 10.2 Å². The quantitative estimate of drug-likeness (QED) is 0.826. The molecule has 0 aromatic rings. The third-order valence-corrected chi connectivity index (χ3v) is 4.30. The Labute approximate surface area is 111 Å². The van der Waals surface area contributed by atoms with Crippen LogP contribution in [0.5, 0.6) is 0 Å². The minimum absolute atomic E-state index is 0. The second kappa shape index (κ2) is 6.05. The van der Waals surface area contributed by atoms with Crippen molar-refractivity contribution in [3.8, 4) is 0 Å². The zero-order chi connectivity index (χ0) is 11.6. The van der Waals surface area contributed by atoms with Crippen molar-refractivity contribution in [2.24, 2.45) is 5.41 Å². The summed E-state index contributed by atoms with van der Waals surface area (Å²) in [6.07, 6.45) is 5.79. The molecule has 0 saturated carbocycles. The molecule has 1 N–H and O–H groups in total. The molecule has 1 amide bonds. The molecule has 17 heavy (non-hydrogen) atoms. The third-order valence-electron chi connectivity index (χ3n) is 4.30. The first-order valence-corrected chi connectivity index (χ1v) is 6.67.